The minimum Gasteiger partial charge on any atom is -0.508 e. The number of hydrogen-bond acceptors (Lipinski definition) is 6. The molecule has 0 bridgehead atoms. The lowest BCUT2D eigenvalue weighted by Gasteiger charge is -2.38. The van der Waals surface area contributed by atoms with Crippen LogP contribution in [0.2, 0.25) is 0 Å². The second kappa shape index (κ2) is 10.8. The lowest BCUT2D eigenvalue weighted by Crippen LogP contribution is -2.39. The molecule has 0 aliphatic carbocycles. The molecule has 198 valence electrons. The van der Waals surface area contributed by atoms with Gasteiger partial charge in [-0.05, 0) is 60.2 Å². The quantitative estimate of drug-likeness (QED) is 0.260. The zero-order chi connectivity index (χ0) is 27.6. The number of ether oxygens (including phenoxy) is 3. The Morgan fingerprint density at radius 3 is 2.26 bits per heavy atom. The largest absolute Gasteiger partial charge is 0.508 e. The smallest absolute Gasteiger partial charge is 0.200 e. The Kier molecular flexibility index (Phi) is 7.64. The lowest BCUT2D eigenvalue weighted by atomic mass is 9.81. The van der Waals surface area contributed by atoms with Gasteiger partial charge in [0.2, 0.25) is 5.11 Å². The van der Waals surface area contributed by atoms with Crippen molar-refractivity contribution in [3.8, 4) is 28.7 Å². The summed E-state index contributed by atoms with van der Waals surface area (Å²) in [5.74, 6) is 2.03. The minimum absolute atomic E-state index is 0.120. The van der Waals surface area contributed by atoms with Crippen LogP contribution < -0.4 is 19.1 Å². The lowest BCUT2D eigenvalue weighted by molar-refractivity contribution is 0.391. The van der Waals surface area contributed by atoms with Gasteiger partial charge in [-0.1, -0.05) is 19.9 Å². The van der Waals surface area contributed by atoms with E-state index in [1.165, 1.54) is 0 Å². The van der Waals surface area contributed by atoms with Crippen molar-refractivity contribution in [3.63, 3.8) is 0 Å². The maximum Gasteiger partial charge on any atom is 0.200 e. The minimum atomic E-state index is -0.503. The molecule has 1 atom stereocenters. The molecule has 0 radical (unpaired) electrons. The number of allylic oxidation sites excluding steroid dienone is 1. The van der Waals surface area contributed by atoms with Crippen molar-refractivity contribution in [1.82, 2.24) is 0 Å². The second-order valence-electron chi connectivity index (χ2n) is 9.55. The first-order chi connectivity index (χ1) is 18.1. The number of anilines is 1. The third-order valence-electron chi connectivity index (χ3n) is 6.89. The number of aromatic hydroxyl groups is 2. The van der Waals surface area contributed by atoms with Crippen LogP contribution in [0.1, 0.15) is 43.0 Å². The van der Waals surface area contributed by atoms with E-state index in [-0.39, 0.29) is 17.5 Å². The highest BCUT2D eigenvalue weighted by molar-refractivity contribution is 7.80. The highest BCUT2D eigenvalue weighted by atomic mass is 32.1. The molecule has 1 heterocycles. The molecular weight excluding hydrogens is 500 g/mol. The van der Waals surface area contributed by atoms with Gasteiger partial charge in [0.05, 0.1) is 38.8 Å². The van der Waals surface area contributed by atoms with Gasteiger partial charge in [0, 0.05) is 35.1 Å². The predicted octanol–water partition coefficient (Wildman–Crippen LogP) is 6.31. The van der Waals surface area contributed by atoms with E-state index in [1.807, 2.05) is 49.1 Å². The Hall–Kier alpha value is -4.04. The topological polar surface area (TPSA) is 83.8 Å². The summed E-state index contributed by atoms with van der Waals surface area (Å²) in [6.07, 6.45) is 2.27. The third-order valence-corrected chi connectivity index (χ3v) is 7.18. The standard InChI is InChI=1S/C30H32N2O5S/c1-7-30(2,3)22-15-21(27(36-5)17-26(22)34)25-16-23(18-8-10-19(33)11-9-18)31-29(38)32(25)24-13-12-20(35-4)14-28(24)37-6/h7-15,17,25,33-34H,1,16H2,2-6H3. The molecular formula is C30H32N2O5S. The molecule has 1 aliphatic heterocycles. The summed E-state index contributed by atoms with van der Waals surface area (Å²) in [6.45, 7) is 7.95. The average molecular weight is 533 g/mol. The molecule has 1 aliphatic rings. The second-order valence-corrected chi connectivity index (χ2v) is 9.92. The first-order valence-corrected chi connectivity index (χ1v) is 12.5. The molecule has 1 unspecified atom stereocenters. The predicted molar refractivity (Wildman–Crippen MR) is 155 cm³/mol. The molecule has 0 aromatic heterocycles. The summed E-state index contributed by atoms with van der Waals surface area (Å²) in [5, 5.41) is 21.0. The molecule has 0 saturated heterocycles. The molecule has 0 spiro atoms. The van der Waals surface area contributed by atoms with Gasteiger partial charge < -0.3 is 29.3 Å². The van der Waals surface area contributed by atoms with Crippen LogP contribution in [0.15, 0.2) is 72.2 Å². The van der Waals surface area contributed by atoms with Crippen LogP contribution in [-0.2, 0) is 5.41 Å². The van der Waals surface area contributed by atoms with Crippen molar-refractivity contribution in [2.75, 3.05) is 26.2 Å². The van der Waals surface area contributed by atoms with E-state index in [2.05, 4.69) is 6.58 Å². The summed E-state index contributed by atoms with van der Waals surface area (Å²) in [4.78, 5) is 6.73. The van der Waals surface area contributed by atoms with E-state index in [0.717, 1.165) is 22.5 Å². The SMILES string of the molecule is C=CC(C)(C)c1cc(C2CC(c3ccc(O)cc3)=NC(=S)N2c2ccc(OC)cc2OC)c(OC)cc1O. The number of phenolic OH excluding ortho intramolecular Hbond substituents is 2. The first-order valence-electron chi connectivity index (χ1n) is 12.1. The van der Waals surface area contributed by atoms with Crippen molar-refractivity contribution < 1.29 is 24.4 Å². The summed E-state index contributed by atoms with van der Waals surface area (Å²) >= 11 is 5.89. The monoisotopic (exact) mass is 532 g/mol. The Balaban J connectivity index is 1.96. The van der Waals surface area contributed by atoms with Crippen LogP contribution in [-0.4, -0.2) is 42.4 Å². The molecule has 8 heteroatoms. The highest BCUT2D eigenvalue weighted by Gasteiger charge is 2.36. The van der Waals surface area contributed by atoms with Gasteiger partial charge in [0.15, 0.2) is 0 Å². The van der Waals surface area contributed by atoms with Crippen LogP contribution in [0.5, 0.6) is 28.7 Å². The van der Waals surface area contributed by atoms with Crippen LogP contribution >= 0.6 is 12.2 Å². The number of nitrogens with zero attached hydrogens (tertiary/aromatic N) is 2. The van der Waals surface area contributed by atoms with Gasteiger partial charge in [0.1, 0.15) is 28.7 Å². The Morgan fingerprint density at radius 1 is 0.974 bits per heavy atom. The van der Waals surface area contributed by atoms with E-state index < -0.39 is 5.41 Å². The van der Waals surface area contributed by atoms with Crippen LogP contribution in [0.4, 0.5) is 5.69 Å². The van der Waals surface area contributed by atoms with Crippen LogP contribution in [0.25, 0.3) is 0 Å². The molecule has 3 aromatic carbocycles. The van der Waals surface area contributed by atoms with E-state index in [0.29, 0.717) is 34.3 Å². The Labute approximate surface area is 228 Å². The van der Waals surface area contributed by atoms with Crippen molar-refractivity contribution in [2.24, 2.45) is 4.99 Å². The zero-order valence-electron chi connectivity index (χ0n) is 22.2. The number of hydrogen-bond donors (Lipinski definition) is 2. The van der Waals surface area contributed by atoms with E-state index in [4.69, 9.17) is 31.4 Å². The van der Waals surface area contributed by atoms with Crippen LogP contribution in [0.3, 0.4) is 0 Å². The molecule has 0 fully saturated rings. The summed E-state index contributed by atoms with van der Waals surface area (Å²) < 4.78 is 16.9. The summed E-state index contributed by atoms with van der Waals surface area (Å²) in [7, 11) is 4.77. The number of thiocarbonyl (C=S) groups is 1. The number of rotatable bonds is 8. The highest BCUT2D eigenvalue weighted by Crippen LogP contribution is 2.46. The van der Waals surface area contributed by atoms with Crippen LogP contribution in [0, 0.1) is 0 Å². The van der Waals surface area contributed by atoms with Crippen molar-refractivity contribution in [1.29, 1.82) is 0 Å². The van der Waals surface area contributed by atoms with Crippen molar-refractivity contribution in [2.45, 2.75) is 31.7 Å². The molecule has 0 saturated carbocycles. The van der Waals surface area contributed by atoms with Gasteiger partial charge in [-0.15, -0.1) is 6.58 Å². The number of aliphatic imine (C=N–C) groups is 1. The fraction of sp³-hybridized carbons (Fsp3) is 0.267. The van der Waals surface area contributed by atoms with Gasteiger partial charge >= 0.3 is 0 Å². The fourth-order valence-corrected chi connectivity index (χ4v) is 4.95. The molecule has 7 nitrogen and oxygen atoms in total. The van der Waals surface area contributed by atoms with Gasteiger partial charge in [0.25, 0.3) is 0 Å². The van der Waals surface area contributed by atoms with E-state index in [1.54, 1.807) is 51.7 Å². The van der Waals surface area contributed by atoms with E-state index >= 15 is 0 Å². The van der Waals surface area contributed by atoms with Gasteiger partial charge in [-0.3, -0.25) is 0 Å². The van der Waals surface area contributed by atoms with Crippen molar-refractivity contribution in [3.05, 3.63) is 83.9 Å². The molecule has 38 heavy (non-hydrogen) atoms. The number of benzene rings is 3. The van der Waals surface area contributed by atoms with E-state index in [9.17, 15) is 10.2 Å². The summed E-state index contributed by atoms with van der Waals surface area (Å²) in [5.41, 5.74) is 3.36. The van der Waals surface area contributed by atoms with Gasteiger partial charge in [-0.25, -0.2) is 4.99 Å². The molecule has 2 N–H and O–H groups in total. The number of phenols is 2. The maximum atomic E-state index is 10.9. The first kappa shape index (κ1) is 27.0. The molecule has 4 rings (SSSR count). The third kappa shape index (κ3) is 5.04. The van der Waals surface area contributed by atoms with Crippen molar-refractivity contribution >= 4 is 28.7 Å². The Bertz CT molecular complexity index is 1400. The fourth-order valence-electron chi connectivity index (χ4n) is 4.61. The molecule has 0 amide bonds. The number of methoxy groups -OCH3 is 3. The normalized spacial score (nSPS) is 15.6. The maximum absolute atomic E-state index is 10.9. The summed E-state index contributed by atoms with van der Waals surface area (Å²) in [6, 6.07) is 15.6. The zero-order valence-corrected chi connectivity index (χ0v) is 23.0. The molecule has 3 aromatic rings. The van der Waals surface area contributed by atoms with Gasteiger partial charge in [-0.2, -0.15) is 0 Å². The average Bonchev–Trinajstić information content (AvgIpc) is 2.92. The Morgan fingerprint density at radius 2 is 1.66 bits per heavy atom.